The normalized spacial score (nSPS) is 16.0. The summed E-state index contributed by atoms with van der Waals surface area (Å²) in [6.07, 6.45) is 1.12. The van der Waals surface area contributed by atoms with Crippen LogP contribution in [0.15, 0.2) is 72.8 Å². The molecule has 0 unspecified atom stereocenters. The number of para-hydroxylation sites is 3. The van der Waals surface area contributed by atoms with Crippen LogP contribution in [0.1, 0.15) is 30.1 Å². The van der Waals surface area contributed by atoms with Gasteiger partial charge in [-0.25, -0.2) is 9.37 Å². The van der Waals surface area contributed by atoms with Gasteiger partial charge in [0.25, 0.3) is 0 Å². The van der Waals surface area contributed by atoms with Crippen LogP contribution in [0.3, 0.4) is 0 Å². The van der Waals surface area contributed by atoms with Gasteiger partial charge in [-0.3, -0.25) is 4.79 Å². The zero-order valence-corrected chi connectivity index (χ0v) is 18.6. The molecule has 0 spiro atoms. The van der Waals surface area contributed by atoms with E-state index < -0.39 is 0 Å². The van der Waals surface area contributed by atoms with Gasteiger partial charge in [0, 0.05) is 25.4 Å². The van der Waals surface area contributed by atoms with E-state index in [-0.39, 0.29) is 17.6 Å². The SMILES string of the molecule is Cc1ccc(OCCCn2c([C@@H]3CC(=O)N(c4ccccc4F)C3)nc3ccccc32)cc1. The zero-order chi connectivity index (χ0) is 22.8. The van der Waals surface area contributed by atoms with Crippen LogP contribution in [-0.4, -0.2) is 28.6 Å². The van der Waals surface area contributed by atoms with E-state index in [9.17, 15) is 9.18 Å². The van der Waals surface area contributed by atoms with E-state index in [1.54, 1.807) is 23.1 Å². The molecule has 168 valence electrons. The monoisotopic (exact) mass is 443 g/mol. The van der Waals surface area contributed by atoms with Crippen LogP contribution < -0.4 is 9.64 Å². The lowest BCUT2D eigenvalue weighted by Gasteiger charge is -2.18. The molecule has 2 heterocycles. The number of carbonyl (C=O) groups excluding carboxylic acids is 1. The van der Waals surface area contributed by atoms with Gasteiger partial charge in [-0.05, 0) is 49.7 Å². The molecule has 1 fully saturated rings. The van der Waals surface area contributed by atoms with E-state index in [1.807, 2.05) is 42.5 Å². The second-order valence-corrected chi connectivity index (χ2v) is 8.48. The van der Waals surface area contributed by atoms with Crippen molar-refractivity contribution in [1.82, 2.24) is 9.55 Å². The van der Waals surface area contributed by atoms with Crippen LogP contribution >= 0.6 is 0 Å². The standard InChI is InChI=1S/C27H26FN3O2/c1-19-11-13-21(14-12-19)33-16-6-15-30-25-10-5-3-8-23(25)29-27(30)20-17-26(32)31(18-20)24-9-4-2-7-22(24)28/h2-5,7-14,20H,6,15-18H2,1H3/t20-/m1/s1. The minimum absolute atomic E-state index is 0.0774. The van der Waals surface area contributed by atoms with Gasteiger partial charge < -0.3 is 14.2 Å². The van der Waals surface area contributed by atoms with Crippen molar-refractivity contribution in [3.05, 3.63) is 90.0 Å². The number of halogens is 1. The summed E-state index contributed by atoms with van der Waals surface area (Å²) in [6, 6.07) is 22.5. The van der Waals surface area contributed by atoms with E-state index in [0.29, 0.717) is 25.3 Å². The van der Waals surface area contributed by atoms with E-state index in [0.717, 1.165) is 35.6 Å². The smallest absolute Gasteiger partial charge is 0.227 e. The highest BCUT2D eigenvalue weighted by atomic mass is 19.1. The molecule has 0 N–H and O–H groups in total. The number of hydrogen-bond donors (Lipinski definition) is 0. The number of carbonyl (C=O) groups is 1. The fraction of sp³-hybridized carbons (Fsp3) is 0.259. The van der Waals surface area contributed by atoms with Crippen molar-refractivity contribution in [2.24, 2.45) is 0 Å². The predicted octanol–water partition coefficient (Wildman–Crippen LogP) is 5.47. The molecule has 5 rings (SSSR count). The van der Waals surface area contributed by atoms with Crippen molar-refractivity contribution < 1.29 is 13.9 Å². The maximum absolute atomic E-state index is 14.3. The molecule has 0 radical (unpaired) electrons. The highest BCUT2D eigenvalue weighted by Gasteiger charge is 2.35. The van der Waals surface area contributed by atoms with Crippen molar-refractivity contribution in [2.75, 3.05) is 18.1 Å². The summed E-state index contributed by atoms with van der Waals surface area (Å²) in [6.45, 7) is 3.78. The fourth-order valence-corrected chi connectivity index (χ4v) is 4.47. The molecule has 6 heteroatoms. The van der Waals surface area contributed by atoms with Crippen molar-refractivity contribution in [1.29, 1.82) is 0 Å². The Kier molecular flexibility index (Phi) is 5.82. The van der Waals surface area contributed by atoms with Gasteiger partial charge in [-0.15, -0.1) is 0 Å². The van der Waals surface area contributed by atoms with Crippen molar-refractivity contribution >= 4 is 22.6 Å². The number of imidazole rings is 1. The van der Waals surface area contributed by atoms with Crippen molar-refractivity contribution in [3.63, 3.8) is 0 Å². The summed E-state index contributed by atoms with van der Waals surface area (Å²) in [5.41, 5.74) is 3.48. The Hall–Kier alpha value is -3.67. The van der Waals surface area contributed by atoms with Gasteiger partial charge in [-0.2, -0.15) is 0 Å². The highest BCUT2D eigenvalue weighted by molar-refractivity contribution is 5.96. The highest BCUT2D eigenvalue weighted by Crippen LogP contribution is 2.34. The van der Waals surface area contributed by atoms with Gasteiger partial charge in [0.15, 0.2) is 0 Å². The van der Waals surface area contributed by atoms with Gasteiger partial charge >= 0.3 is 0 Å². The Morgan fingerprint density at radius 2 is 1.79 bits per heavy atom. The molecule has 0 aliphatic carbocycles. The van der Waals surface area contributed by atoms with E-state index in [2.05, 4.69) is 17.6 Å². The van der Waals surface area contributed by atoms with E-state index in [1.165, 1.54) is 11.6 Å². The molecule has 1 aliphatic heterocycles. The lowest BCUT2D eigenvalue weighted by molar-refractivity contribution is -0.117. The largest absolute Gasteiger partial charge is 0.494 e. The Labute approximate surface area is 192 Å². The second kappa shape index (κ2) is 9.06. The molecule has 1 amide bonds. The molecule has 33 heavy (non-hydrogen) atoms. The number of nitrogens with zero attached hydrogens (tertiary/aromatic N) is 3. The first-order chi connectivity index (χ1) is 16.1. The molecular formula is C27H26FN3O2. The number of ether oxygens (including phenoxy) is 1. The van der Waals surface area contributed by atoms with Gasteiger partial charge in [0.1, 0.15) is 17.4 Å². The predicted molar refractivity (Wildman–Crippen MR) is 127 cm³/mol. The van der Waals surface area contributed by atoms with Crippen molar-refractivity contribution in [2.45, 2.75) is 32.2 Å². The minimum Gasteiger partial charge on any atom is -0.494 e. The van der Waals surface area contributed by atoms with E-state index in [4.69, 9.17) is 9.72 Å². The molecular weight excluding hydrogens is 417 g/mol. The maximum Gasteiger partial charge on any atom is 0.227 e. The molecule has 1 saturated heterocycles. The Balaban J connectivity index is 1.35. The summed E-state index contributed by atoms with van der Waals surface area (Å²) in [7, 11) is 0. The Morgan fingerprint density at radius 3 is 2.61 bits per heavy atom. The molecule has 3 aromatic carbocycles. The van der Waals surface area contributed by atoms with Gasteiger partial charge in [0.2, 0.25) is 5.91 Å². The Morgan fingerprint density at radius 1 is 1.03 bits per heavy atom. The van der Waals surface area contributed by atoms with Gasteiger partial charge in [-0.1, -0.05) is 42.0 Å². The van der Waals surface area contributed by atoms with Crippen molar-refractivity contribution in [3.8, 4) is 5.75 Å². The van der Waals surface area contributed by atoms with E-state index >= 15 is 0 Å². The number of anilines is 1. The number of aryl methyl sites for hydroxylation is 2. The average Bonchev–Trinajstić information content (AvgIpc) is 3.39. The zero-order valence-electron chi connectivity index (χ0n) is 18.6. The van der Waals surface area contributed by atoms with Crippen LogP contribution in [-0.2, 0) is 11.3 Å². The first-order valence-electron chi connectivity index (χ1n) is 11.3. The first kappa shape index (κ1) is 21.2. The van der Waals surface area contributed by atoms with Crippen LogP contribution in [0.5, 0.6) is 5.75 Å². The molecule has 0 saturated carbocycles. The third-order valence-corrected chi connectivity index (χ3v) is 6.13. The number of aromatic nitrogens is 2. The number of benzene rings is 3. The summed E-state index contributed by atoms with van der Waals surface area (Å²) in [5.74, 6) is 1.18. The molecule has 1 aliphatic rings. The average molecular weight is 444 g/mol. The minimum atomic E-state index is -0.381. The summed E-state index contributed by atoms with van der Waals surface area (Å²) >= 11 is 0. The van der Waals surface area contributed by atoms with Gasteiger partial charge in [0.05, 0.1) is 23.3 Å². The third-order valence-electron chi connectivity index (χ3n) is 6.13. The van der Waals surface area contributed by atoms with Crippen LogP contribution in [0.25, 0.3) is 11.0 Å². The number of amides is 1. The number of hydrogen-bond acceptors (Lipinski definition) is 3. The lowest BCUT2D eigenvalue weighted by Crippen LogP contribution is -2.25. The topological polar surface area (TPSA) is 47.4 Å². The quantitative estimate of drug-likeness (QED) is 0.356. The molecule has 1 atom stereocenters. The summed E-state index contributed by atoms with van der Waals surface area (Å²) in [4.78, 5) is 19.2. The van der Waals surface area contributed by atoms with Crippen LogP contribution in [0, 0.1) is 12.7 Å². The lowest BCUT2D eigenvalue weighted by atomic mass is 10.1. The second-order valence-electron chi connectivity index (χ2n) is 8.48. The Bertz CT molecular complexity index is 1280. The molecule has 4 aromatic rings. The number of rotatable bonds is 7. The fourth-order valence-electron chi connectivity index (χ4n) is 4.47. The van der Waals surface area contributed by atoms with Crippen LogP contribution in [0.4, 0.5) is 10.1 Å². The van der Waals surface area contributed by atoms with Crippen LogP contribution in [0.2, 0.25) is 0 Å². The molecule has 0 bridgehead atoms. The summed E-state index contributed by atoms with van der Waals surface area (Å²) < 4.78 is 22.4. The molecule has 5 nitrogen and oxygen atoms in total. The molecule has 1 aromatic heterocycles. The maximum atomic E-state index is 14.3. The number of fused-ring (bicyclic) bond motifs is 1. The summed E-state index contributed by atoms with van der Waals surface area (Å²) in [5, 5.41) is 0. The third kappa shape index (κ3) is 4.33. The first-order valence-corrected chi connectivity index (χ1v) is 11.3.